The van der Waals surface area contributed by atoms with Crippen LogP contribution in [-0.2, 0) is 19.1 Å². The van der Waals surface area contributed by atoms with Gasteiger partial charge in [-0.2, -0.15) is 0 Å². The minimum atomic E-state index is -1.01. The summed E-state index contributed by atoms with van der Waals surface area (Å²) in [6.45, 7) is 14.4. The Morgan fingerprint density at radius 3 is 1.91 bits per heavy atom. The van der Waals surface area contributed by atoms with Gasteiger partial charge in [0.05, 0.1) is 30.0 Å². The van der Waals surface area contributed by atoms with Gasteiger partial charge in [0, 0.05) is 15.6 Å². The van der Waals surface area contributed by atoms with Crippen molar-refractivity contribution >= 4 is 56.5 Å². The Morgan fingerprint density at radius 2 is 1.42 bits per heavy atom. The van der Waals surface area contributed by atoms with Crippen molar-refractivity contribution in [1.82, 2.24) is 15.6 Å². The number of rotatable bonds is 12. The third kappa shape index (κ3) is 7.81. The molecule has 0 saturated carbocycles. The first-order valence-corrected chi connectivity index (χ1v) is 15.7. The van der Waals surface area contributed by atoms with Gasteiger partial charge in [0.25, 0.3) is 11.8 Å². The first kappa shape index (κ1) is 35.5. The number of nitrogens with two attached hydrogens (primary N) is 1. The summed E-state index contributed by atoms with van der Waals surface area (Å²) in [7, 11) is 0. The topological polar surface area (TPSA) is 180 Å². The lowest BCUT2D eigenvalue weighted by molar-refractivity contribution is -0.146. The fraction of sp³-hybridized carbons (Fsp3) is 0.500. The lowest BCUT2D eigenvalue weighted by Gasteiger charge is -2.22. The molecule has 244 valence electrons. The van der Waals surface area contributed by atoms with Crippen molar-refractivity contribution in [1.29, 1.82) is 0 Å². The second-order valence-electron chi connectivity index (χ2n) is 11.7. The Bertz CT molecular complexity index is 1650. The number of carbonyl (C=O) groups is 4. The summed E-state index contributed by atoms with van der Waals surface area (Å²) in [5.41, 5.74) is 5.84. The second-order valence-corrected chi connectivity index (χ2v) is 12.5. The van der Waals surface area contributed by atoms with Gasteiger partial charge < -0.3 is 30.3 Å². The molecule has 2 atom stereocenters. The van der Waals surface area contributed by atoms with E-state index in [4.69, 9.17) is 24.6 Å². The molecule has 3 rings (SSSR count). The monoisotopic (exact) mass is 688 g/mol. The lowest BCUT2D eigenvalue weighted by Crippen LogP contribution is -2.43. The number of aryl methyl sites for hydroxylation is 1. The fourth-order valence-electron chi connectivity index (χ4n) is 4.96. The summed E-state index contributed by atoms with van der Waals surface area (Å²) in [4.78, 5) is 70.7. The van der Waals surface area contributed by atoms with Crippen LogP contribution in [0.2, 0.25) is 0 Å². The number of hydrogen-bond acceptors (Lipinski definition) is 10. The molecule has 45 heavy (non-hydrogen) atoms. The van der Waals surface area contributed by atoms with Crippen LogP contribution in [0.4, 0.5) is 5.69 Å². The van der Waals surface area contributed by atoms with Crippen molar-refractivity contribution in [3.63, 3.8) is 0 Å². The van der Waals surface area contributed by atoms with Gasteiger partial charge in [-0.1, -0.05) is 43.6 Å². The third-order valence-corrected chi connectivity index (χ3v) is 7.98. The quantitative estimate of drug-likeness (QED) is 0.137. The third-order valence-electron chi connectivity index (χ3n) is 7.15. The van der Waals surface area contributed by atoms with Gasteiger partial charge in [-0.25, -0.2) is 14.6 Å². The van der Waals surface area contributed by atoms with Crippen LogP contribution in [0.15, 0.2) is 19.8 Å². The number of nitrogens with one attached hydrogen (secondary N) is 2. The predicted molar refractivity (Wildman–Crippen MR) is 173 cm³/mol. The molecule has 0 bridgehead atoms. The van der Waals surface area contributed by atoms with Crippen LogP contribution in [0.25, 0.3) is 22.6 Å². The summed E-state index contributed by atoms with van der Waals surface area (Å²) < 4.78 is 17.1. The van der Waals surface area contributed by atoms with Crippen LogP contribution < -0.4 is 21.8 Å². The molecule has 1 aliphatic heterocycles. The van der Waals surface area contributed by atoms with E-state index in [0.717, 1.165) is 0 Å². The van der Waals surface area contributed by atoms with E-state index in [-0.39, 0.29) is 76.4 Å². The lowest BCUT2D eigenvalue weighted by atomic mass is 9.98. The first-order valence-electron chi connectivity index (χ1n) is 14.9. The number of aromatic nitrogens is 1. The Morgan fingerprint density at radius 1 is 0.911 bits per heavy atom. The Labute approximate surface area is 270 Å². The van der Waals surface area contributed by atoms with Crippen molar-refractivity contribution < 1.29 is 33.1 Å². The molecule has 0 aromatic heterocycles. The molecule has 1 aromatic rings. The Hall–Kier alpha value is -4.00. The molecule has 2 amide bonds. The number of esters is 2. The largest absolute Gasteiger partial charge is 0.464 e. The van der Waals surface area contributed by atoms with Crippen molar-refractivity contribution in [2.45, 2.75) is 80.3 Å². The molecule has 1 heterocycles. The zero-order valence-corrected chi connectivity index (χ0v) is 28.5. The Kier molecular flexibility index (Phi) is 11.7. The molecular formula is C32H41BrN4O8. The number of nitrogens with zero attached hydrogens (tertiary/aromatic N) is 1. The van der Waals surface area contributed by atoms with Crippen molar-refractivity contribution in [3.05, 3.63) is 43.0 Å². The molecule has 0 fully saturated rings. The summed E-state index contributed by atoms with van der Waals surface area (Å²) in [5, 5.41) is 5.40. The van der Waals surface area contributed by atoms with E-state index in [0.29, 0.717) is 16.5 Å². The van der Waals surface area contributed by atoms with E-state index < -0.39 is 41.3 Å². The smallest absolute Gasteiger partial charge is 0.328 e. The molecule has 13 heteroatoms. The molecule has 0 unspecified atom stereocenters. The second kappa shape index (κ2) is 14.9. The van der Waals surface area contributed by atoms with Gasteiger partial charge in [-0.05, 0) is 58.4 Å². The summed E-state index contributed by atoms with van der Waals surface area (Å²) in [5.74, 6) is -2.55. The predicted octanol–water partition coefficient (Wildman–Crippen LogP) is 4.67. The highest BCUT2D eigenvalue weighted by molar-refractivity contribution is 9.10. The maximum absolute atomic E-state index is 13.7. The number of anilines is 1. The molecular weight excluding hydrogens is 648 g/mol. The molecule has 4 N–H and O–H groups in total. The number of carbonyl (C=O) groups excluding carboxylic acids is 4. The SMILES string of the molecule is CCOC(=O)[C@@H](CC(C)C)NC(=O)c1c2nc3c(C(=O)N[C@H](CC(C)C)C(=O)OCC)cc(Br)c(C)c3oc-2c(C)c(=O)c1N. The van der Waals surface area contributed by atoms with Crippen molar-refractivity contribution in [2.24, 2.45) is 11.8 Å². The number of fused-ring (bicyclic) bond motifs is 2. The van der Waals surface area contributed by atoms with Gasteiger partial charge in [0.1, 0.15) is 23.3 Å². The number of benzene rings is 2. The van der Waals surface area contributed by atoms with E-state index in [1.54, 1.807) is 20.8 Å². The van der Waals surface area contributed by atoms with E-state index in [1.807, 2.05) is 27.7 Å². The molecule has 0 radical (unpaired) electrons. The van der Waals surface area contributed by atoms with E-state index >= 15 is 0 Å². The number of halogens is 1. The number of ether oxygens (including phenoxy) is 2. The van der Waals surface area contributed by atoms with Crippen LogP contribution >= 0.6 is 15.9 Å². The average Bonchev–Trinajstić information content (AvgIpc) is 2.96. The highest BCUT2D eigenvalue weighted by Gasteiger charge is 2.33. The van der Waals surface area contributed by atoms with Crippen LogP contribution in [0.1, 0.15) is 86.2 Å². The minimum Gasteiger partial charge on any atom is -0.464 e. The molecule has 1 aromatic carbocycles. The highest BCUT2D eigenvalue weighted by atomic mass is 79.9. The zero-order chi connectivity index (χ0) is 33.7. The maximum Gasteiger partial charge on any atom is 0.328 e. The van der Waals surface area contributed by atoms with Gasteiger partial charge in [0.2, 0.25) is 5.43 Å². The fourth-order valence-corrected chi connectivity index (χ4v) is 5.37. The maximum atomic E-state index is 13.7. The summed E-state index contributed by atoms with van der Waals surface area (Å²) >= 11 is 3.47. The number of amides is 2. The van der Waals surface area contributed by atoms with Crippen molar-refractivity contribution in [2.75, 3.05) is 18.9 Å². The van der Waals surface area contributed by atoms with E-state index in [9.17, 15) is 24.0 Å². The van der Waals surface area contributed by atoms with E-state index in [2.05, 4.69) is 26.6 Å². The molecule has 0 saturated heterocycles. The molecule has 1 aliphatic carbocycles. The van der Waals surface area contributed by atoms with Gasteiger partial charge in [-0.3, -0.25) is 14.4 Å². The van der Waals surface area contributed by atoms with Crippen LogP contribution in [0, 0.1) is 25.7 Å². The minimum absolute atomic E-state index is 0.000148. The normalized spacial score (nSPS) is 12.8. The Balaban J connectivity index is 2.27. The number of hydrogen-bond donors (Lipinski definition) is 3. The molecule has 2 aliphatic rings. The first-order chi connectivity index (χ1) is 21.1. The molecule has 0 spiro atoms. The van der Waals surface area contributed by atoms with Gasteiger partial charge in [0.15, 0.2) is 11.3 Å². The zero-order valence-electron chi connectivity index (χ0n) is 26.9. The highest BCUT2D eigenvalue weighted by Crippen LogP contribution is 2.36. The van der Waals surface area contributed by atoms with Gasteiger partial charge >= 0.3 is 11.9 Å². The summed E-state index contributed by atoms with van der Waals surface area (Å²) in [6, 6.07) is -0.398. The molecule has 12 nitrogen and oxygen atoms in total. The average molecular weight is 690 g/mol. The summed E-state index contributed by atoms with van der Waals surface area (Å²) in [6.07, 6.45) is 0.607. The van der Waals surface area contributed by atoms with Crippen LogP contribution in [0.3, 0.4) is 0 Å². The standard InChI is InChI=1S/C32H41BrN4O8/c1-9-43-31(41)20(11-14(3)4)35-29(39)18-13-19(33)16(7)27-24(18)37-25-22(23(34)26(38)17(8)28(25)45-27)30(40)36-21(12-15(5)6)32(42)44-10-2/h13-15,20-21H,9-12,34H2,1-8H3,(H,35,39)(H,36,40)/t20-,21-/m1/s1. The van der Waals surface area contributed by atoms with Crippen LogP contribution in [0.5, 0.6) is 0 Å². The van der Waals surface area contributed by atoms with Crippen molar-refractivity contribution in [3.8, 4) is 11.5 Å². The number of nitrogen functional groups attached to an aromatic ring is 1. The van der Waals surface area contributed by atoms with Crippen LogP contribution in [-0.4, -0.2) is 54.0 Å². The van der Waals surface area contributed by atoms with E-state index in [1.165, 1.54) is 13.0 Å². The van der Waals surface area contributed by atoms with Gasteiger partial charge in [-0.15, -0.1) is 0 Å².